The molecule has 30 heavy (non-hydrogen) atoms. The van der Waals surface area contributed by atoms with Crippen LogP contribution in [0.5, 0.6) is 0 Å². The number of benzene rings is 3. The summed E-state index contributed by atoms with van der Waals surface area (Å²) < 4.78 is 5.05. The van der Waals surface area contributed by atoms with Crippen molar-refractivity contribution in [1.82, 2.24) is 4.40 Å². The van der Waals surface area contributed by atoms with Crippen LogP contribution in [0.3, 0.4) is 0 Å². The van der Waals surface area contributed by atoms with E-state index in [0.29, 0.717) is 0 Å². The maximum absolute atomic E-state index is 5.12. The Bertz CT molecular complexity index is 1780. The number of aliphatic imine (C=N–C) groups is 1. The van der Waals surface area contributed by atoms with Crippen LogP contribution in [-0.2, 0) is 0 Å². The number of allylic oxidation sites excluding steroid dienone is 2. The minimum atomic E-state index is 0.146. The van der Waals surface area contributed by atoms with E-state index >= 15 is 0 Å². The van der Waals surface area contributed by atoms with E-state index in [2.05, 4.69) is 88.6 Å². The number of thiophene rings is 1. The summed E-state index contributed by atoms with van der Waals surface area (Å²) in [6.07, 6.45) is 8.44. The third-order valence-electron chi connectivity index (χ3n) is 6.53. The minimum Gasteiger partial charge on any atom is -0.370 e. The predicted molar refractivity (Wildman–Crippen MR) is 129 cm³/mol. The summed E-state index contributed by atoms with van der Waals surface area (Å²) in [4.78, 5) is 5.12. The monoisotopic (exact) mass is 401 g/mol. The van der Waals surface area contributed by atoms with Gasteiger partial charge in [-0.1, -0.05) is 54.6 Å². The van der Waals surface area contributed by atoms with Gasteiger partial charge in [-0.2, -0.15) is 0 Å². The number of hydrogen-bond acceptors (Lipinski definition) is 3. The lowest BCUT2D eigenvalue weighted by molar-refractivity contribution is 1.11. The second kappa shape index (κ2) is 5.10. The number of para-hydroxylation sites is 1. The highest BCUT2D eigenvalue weighted by Crippen LogP contribution is 2.49. The van der Waals surface area contributed by atoms with Crippen molar-refractivity contribution in [3.8, 4) is 0 Å². The Kier molecular flexibility index (Phi) is 2.59. The van der Waals surface area contributed by atoms with Crippen molar-refractivity contribution < 1.29 is 0 Å². The van der Waals surface area contributed by atoms with Crippen molar-refractivity contribution >= 4 is 75.9 Å². The molecule has 140 valence electrons. The average molecular weight is 401 g/mol. The highest BCUT2D eigenvalue weighted by atomic mass is 32.1. The zero-order valence-corrected chi connectivity index (χ0v) is 16.7. The summed E-state index contributed by atoms with van der Waals surface area (Å²) in [6, 6.07) is 20.1. The molecule has 1 aliphatic carbocycles. The van der Waals surface area contributed by atoms with E-state index in [9.17, 15) is 0 Å². The molecular weight excluding hydrogens is 386 g/mol. The first kappa shape index (κ1) is 15.2. The largest absolute Gasteiger partial charge is 0.370 e. The summed E-state index contributed by atoms with van der Waals surface area (Å²) in [7, 11) is 0. The molecular formula is C26H15N3S. The summed E-state index contributed by atoms with van der Waals surface area (Å²) in [6.45, 7) is 0. The van der Waals surface area contributed by atoms with Gasteiger partial charge in [0.1, 0.15) is 0 Å². The maximum atomic E-state index is 5.12. The standard InChI is InChI=1S/C26H15N3S/c1-4-11-20-14(6-1)23-21(30-20)13-12-19-22(23)15-7-5-8-16-24-26(29(19)25(15)16)28-18-10-3-2-9-17(18)27-24/h1-13,17,27H. The van der Waals surface area contributed by atoms with Gasteiger partial charge in [-0.25, -0.2) is 4.99 Å². The third-order valence-corrected chi connectivity index (χ3v) is 7.67. The quantitative estimate of drug-likeness (QED) is 0.290. The van der Waals surface area contributed by atoms with Crippen LogP contribution in [-0.4, -0.2) is 16.2 Å². The summed E-state index contributed by atoms with van der Waals surface area (Å²) in [5.74, 6) is 1.02. The van der Waals surface area contributed by atoms with Crippen LogP contribution in [0, 0.1) is 0 Å². The van der Waals surface area contributed by atoms with E-state index < -0.39 is 0 Å². The molecule has 1 aliphatic heterocycles. The van der Waals surface area contributed by atoms with E-state index in [1.807, 2.05) is 11.3 Å². The molecule has 3 nitrogen and oxygen atoms in total. The van der Waals surface area contributed by atoms with Gasteiger partial charge in [-0.05, 0) is 24.3 Å². The van der Waals surface area contributed by atoms with Gasteiger partial charge in [0.25, 0.3) is 0 Å². The molecule has 3 aromatic carbocycles. The molecule has 0 bridgehead atoms. The van der Waals surface area contributed by atoms with Crippen LogP contribution in [0.2, 0.25) is 0 Å². The second-order valence-electron chi connectivity index (χ2n) is 8.07. The lowest BCUT2D eigenvalue weighted by Crippen LogP contribution is -2.29. The third kappa shape index (κ3) is 1.67. The molecule has 3 aromatic heterocycles. The Morgan fingerprint density at radius 3 is 2.73 bits per heavy atom. The molecule has 0 radical (unpaired) electrons. The Morgan fingerprint density at radius 2 is 1.73 bits per heavy atom. The van der Waals surface area contributed by atoms with E-state index in [-0.39, 0.29) is 6.04 Å². The van der Waals surface area contributed by atoms with Crippen molar-refractivity contribution in [3.63, 3.8) is 0 Å². The SMILES string of the molecule is C1=CC2=Nc3c(c4cccc5c6c7c(ccc6n3c45)sc3ccccc37)NC2C=C1. The Labute approximate surface area is 175 Å². The van der Waals surface area contributed by atoms with E-state index in [4.69, 9.17) is 4.99 Å². The average Bonchev–Trinajstić information content (AvgIpc) is 3.43. The lowest BCUT2D eigenvalue weighted by atomic mass is 10.0. The molecule has 4 heteroatoms. The molecule has 1 atom stereocenters. The zero-order valence-electron chi connectivity index (χ0n) is 15.9. The van der Waals surface area contributed by atoms with Crippen molar-refractivity contribution in [3.05, 3.63) is 78.9 Å². The summed E-state index contributed by atoms with van der Waals surface area (Å²) >= 11 is 1.88. The molecule has 8 rings (SSSR count). The highest BCUT2D eigenvalue weighted by Gasteiger charge is 2.28. The number of rotatable bonds is 0. The molecule has 0 spiro atoms. The van der Waals surface area contributed by atoms with Gasteiger partial charge < -0.3 is 5.32 Å². The first-order valence-corrected chi connectivity index (χ1v) is 11.0. The first-order chi connectivity index (χ1) is 14.9. The van der Waals surface area contributed by atoms with Crippen molar-refractivity contribution in [2.75, 3.05) is 5.32 Å². The predicted octanol–water partition coefficient (Wildman–Crippen LogP) is 7.04. The highest BCUT2D eigenvalue weighted by molar-refractivity contribution is 7.26. The molecule has 0 saturated carbocycles. The molecule has 0 saturated heterocycles. The number of hydrogen-bond donors (Lipinski definition) is 1. The molecule has 1 N–H and O–H groups in total. The van der Waals surface area contributed by atoms with Gasteiger partial charge in [-0.3, -0.25) is 4.40 Å². The van der Waals surface area contributed by atoms with Gasteiger partial charge in [0.2, 0.25) is 0 Å². The fourth-order valence-electron chi connectivity index (χ4n) is 5.31. The smallest absolute Gasteiger partial charge is 0.162 e. The fourth-order valence-corrected chi connectivity index (χ4v) is 6.43. The van der Waals surface area contributed by atoms with E-state index in [1.165, 1.54) is 47.4 Å². The van der Waals surface area contributed by atoms with E-state index in [0.717, 1.165) is 17.2 Å². The summed E-state index contributed by atoms with van der Waals surface area (Å²) in [5.41, 5.74) is 4.71. The Morgan fingerprint density at radius 1 is 0.833 bits per heavy atom. The zero-order chi connectivity index (χ0) is 19.4. The van der Waals surface area contributed by atoms with Crippen LogP contribution < -0.4 is 5.32 Å². The van der Waals surface area contributed by atoms with Crippen molar-refractivity contribution in [2.24, 2.45) is 4.99 Å². The van der Waals surface area contributed by atoms with Crippen LogP contribution in [0.25, 0.3) is 47.4 Å². The van der Waals surface area contributed by atoms with Crippen LogP contribution in [0.4, 0.5) is 11.5 Å². The lowest BCUT2D eigenvalue weighted by Gasteiger charge is -2.23. The minimum absolute atomic E-state index is 0.146. The fraction of sp³-hybridized carbons (Fsp3) is 0.0385. The molecule has 0 fully saturated rings. The maximum Gasteiger partial charge on any atom is 0.162 e. The normalized spacial score (nSPS) is 17.9. The number of nitrogens with zero attached hydrogens (tertiary/aromatic N) is 2. The van der Waals surface area contributed by atoms with Gasteiger partial charge in [0.05, 0.1) is 28.5 Å². The van der Waals surface area contributed by atoms with E-state index in [1.54, 1.807) is 0 Å². The van der Waals surface area contributed by atoms with Gasteiger partial charge in [-0.15, -0.1) is 11.3 Å². The van der Waals surface area contributed by atoms with Crippen LogP contribution in [0.1, 0.15) is 0 Å². The van der Waals surface area contributed by atoms with Gasteiger partial charge in [0.15, 0.2) is 5.82 Å². The van der Waals surface area contributed by atoms with Crippen LogP contribution in [0.15, 0.2) is 83.9 Å². The molecule has 4 heterocycles. The first-order valence-electron chi connectivity index (χ1n) is 10.2. The number of anilines is 1. The van der Waals surface area contributed by atoms with Gasteiger partial charge in [0, 0.05) is 36.3 Å². The number of fused-ring (bicyclic) bond motifs is 11. The molecule has 0 amide bonds. The topological polar surface area (TPSA) is 28.8 Å². The number of nitrogens with one attached hydrogen (secondary N) is 1. The molecule has 1 unspecified atom stereocenters. The van der Waals surface area contributed by atoms with Gasteiger partial charge >= 0.3 is 0 Å². The van der Waals surface area contributed by atoms with Crippen molar-refractivity contribution in [1.29, 1.82) is 0 Å². The Hall–Kier alpha value is -3.63. The number of aromatic nitrogens is 1. The Balaban J connectivity index is 1.63. The molecule has 6 aromatic rings. The van der Waals surface area contributed by atoms with Crippen molar-refractivity contribution in [2.45, 2.75) is 6.04 Å². The molecule has 2 aliphatic rings. The second-order valence-corrected chi connectivity index (χ2v) is 9.15. The summed E-state index contributed by atoms with van der Waals surface area (Å²) in [5, 5.41) is 10.3. The van der Waals surface area contributed by atoms with Crippen LogP contribution >= 0.6 is 11.3 Å².